The predicted octanol–water partition coefficient (Wildman–Crippen LogP) is 1.46. The van der Waals surface area contributed by atoms with E-state index < -0.39 is 5.38 Å². The van der Waals surface area contributed by atoms with Crippen LogP contribution in [-0.2, 0) is 4.79 Å². The molecular formula is C11H14ClNO2. The zero-order valence-electron chi connectivity index (χ0n) is 8.48. The van der Waals surface area contributed by atoms with E-state index in [0.717, 1.165) is 5.56 Å². The molecule has 0 unspecified atom stereocenters. The van der Waals surface area contributed by atoms with Gasteiger partial charge in [-0.15, -0.1) is 11.6 Å². The lowest BCUT2D eigenvalue weighted by Crippen LogP contribution is -2.35. The number of carbonyl (C=O) groups excluding carboxylic acids is 1. The number of hydrogen-bond acceptors (Lipinski definition) is 2. The quantitative estimate of drug-likeness (QED) is 0.766. The summed E-state index contributed by atoms with van der Waals surface area (Å²) >= 11 is 5.62. The van der Waals surface area contributed by atoms with Crippen LogP contribution < -0.4 is 5.32 Å². The Morgan fingerprint density at radius 3 is 2.53 bits per heavy atom. The van der Waals surface area contributed by atoms with Gasteiger partial charge in [0.25, 0.3) is 0 Å². The van der Waals surface area contributed by atoms with Crippen molar-refractivity contribution in [3.8, 4) is 0 Å². The molecule has 1 aromatic rings. The molecule has 15 heavy (non-hydrogen) atoms. The molecule has 2 atom stereocenters. The highest BCUT2D eigenvalue weighted by atomic mass is 35.5. The third-order valence-corrected chi connectivity index (χ3v) is 2.26. The van der Waals surface area contributed by atoms with Crippen LogP contribution in [0.1, 0.15) is 18.5 Å². The van der Waals surface area contributed by atoms with Crippen LogP contribution in [0, 0.1) is 0 Å². The number of nitrogens with one attached hydrogen (secondary N) is 1. The Morgan fingerprint density at radius 2 is 2.07 bits per heavy atom. The summed E-state index contributed by atoms with van der Waals surface area (Å²) in [5.41, 5.74) is 0.866. The Kier molecular flexibility index (Phi) is 4.59. The topological polar surface area (TPSA) is 49.3 Å². The van der Waals surface area contributed by atoms with Crippen molar-refractivity contribution in [2.24, 2.45) is 0 Å². The Labute approximate surface area is 94.1 Å². The molecule has 0 fully saturated rings. The molecule has 82 valence electrons. The van der Waals surface area contributed by atoms with Crippen molar-refractivity contribution in [2.75, 3.05) is 6.61 Å². The molecule has 0 aliphatic rings. The van der Waals surface area contributed by atoms with Gasteiger partial charge in [-0.1, -0.05) is 30.3 Å². The van der Waals surface area contributed by atoms with Gasteiger partial charge in [-0.05, 0) is 12.5 Å². The Balaban J connectivity index is 2.69. The first kappa shape index (κ1) is 12.0. The van der Waals surface area contributed by atoms with Crippen molar-refractivity contribution in [1.29, 1.82) is 0 Å². The molecule has 0 saturated carbocycles. The number of carbonyl (C=O) groups is 1. The fourth-order valence-corrected chi connectivity index (χ4v) is 1.27. The minimum atomic E-state index is -0.595. The molecule has 1 rings (SSSR count). The molecule has 0 aliphatic carbocycles. The Morgan fingerprint density at radius 1 is 1.47 bits per heavy atom. The van der Waals surface area contributed by atoms with E-state index in [2.05, 4.69) is 5.32 Å². The number of aliphatic hydroxyl groups excluding tert-OH is 1. The second-order valence-electron chi connectivity index (χ2n) is 3.27. The molecule has 0 aromatic heterocycles. The number of halogens is 1. The minimum Gasteiger partial charge on any atom is -0.394 e. The van der Waals surface area contributed by atoms with E-state index >= 15 is 0 Å². The molecule has 0 aliphatic heterocycles. The normalized spacial score (nSPS) is 14.3. The van der Waals surface area contributed by atoms with Gasteiger partial charge in [-0.25, -0.2) is 0 Å². The Hall–Kier alpha value is -1.06. The smallest absolute Gasteiger partial charge is 0.238 e. The maximum atomic E-state index is 11.3. The van der Waals surface area contributed by atoms with E-state index in [1.165, 1.54) is 0 Å². The van der Waals surface area contributed by atoms with E-state index in [-0.39, 0.29) is 18.6 Å². The van der Waals surface area contributed by atoms with Crippen LogP contribution in [0.25, 0.3) is 0 Å². The number of rotatable bonds is 4. The highest BCUT2D eigenvalue weighted by molar-refractivity contribution is 6.30. The molecule has 2 N–H and O–H groups in total. The maximum absolute atomic E-state index is 11.3. The molecule has 1 aromatic carbocycles. The molecule has 0 spiro atoms. The Bertz CT molecular complexity index is 314. The second kappa shape index (κ2) is 5.73. The monoisotopic (exact) mass is 227 g/mol. The predicted molar refractivity (Wildman–Crippen MR) is 59.7 cm³/mol. The zero-order valence-corrected chi connectivity index (χ0v) is 9.24. The lowest BCUT2D eigenvalue weighted by molar-refractivity contribution is -0.121. The molecule has 0 heterocycles. The second-order valence-corrected chi connectivity index (χ2v) is 3.93. The fraction of sp³-hybridized carbons (Fsp3) is 0.364. The van der Waals surface area contributed by atoms with Crippen molar-refractivity contribution in [3.05, 3.63) is 35.9 Å². The SMILES string of the molecule is C[C@H](Cl)C(=O)N[C@H](CO)c1ccccc1. The first-order valence-corrected chi connectivity index (χ1v) is 5.19. The largest absolute Gasteiger partial charge is 0.394 e. The zero-order chi connectivity index (χ0) is 11.3. The van der Waals surface area contributed by atoms with Crippen molar-refractivity contribution < 1.29 is 9.90 Å². The summed E-state index contributed by atoms with van der Waals surface area (Å²) in [5, 5.41) is 11.2. The van der Waals surface area contributed by atoms with E-state index in [9.17, 15) is 4.79 Å². The lowest BCUT2D eigenvalue weighted by Gasteiger charge is -2.17. The van der Waals surface area contributed by atoms with E-state index in [1.807, 2.05) is 30.3 Å². The highest BCUT2D eigenvalue weighted by Gasteiger charge is 2.16. The molecule has 0 bridgehead atoms. The molecule has 0 saturated heterocycles. The molecule has 4 heteroatoms. The van der Waals surface area contributed by atoms with Gasteiger partial charge in [0, 0.05) is 0 Å². The van der Waals surface area contributed by atoms with Crippen molar-refractivity contribution in [1.82, 2.24) is 5.32 Å². The van der Waals surface area contributed by atoms with Crippen LogP contribution in [0.3, 0.4) is 0 Å². The first-order chi connectivity index (χ1) is 7.15. The summed E-state index contributed by atoms with van der Waals surface area (Å²) in [7, 11) is 0. The van der Waals surface area contributed by atoms with Gasteiger partial charge in [0.15, 0.2) is 0 Å². The van der Waals surface area contributed by atoms with Crippen LogP contribution in [0.4, 0.5) is 0 Å². The van der Waals surface area contributed by atoms with Gasteiger partial charge >= 0.3 is 0 Å². The molecule has 0 radical (unpaired) electrons. The van der Waals surface area contributed by atoms with Crippen molar-refractivity contribution in [3.63, 3.8) is 0 Å². The average Bonchev–Trinajstić information content (AvgIpc) is 2.26. The van der Waals surface area contributed by atoms with Gasteiger partial charge in [0.05, 0.1) is 12.6 Å². The van der Waals surface area contributed by atoms with Gasteiger partial charge < -0.3 is 10.4 Å². The molecule has 3 nitrogen and oxygen atoms in total. The number of benzene rings is 1. The van der Waals surface area contributed by atoms with Crippen molar-refractivity contribution >= 4 is 17.5 Å². The summed E-state index contributed by atoms with van der Waals surface area (Å²) in [5.74, 6) is -0.278. The van der Waals surface area contributed by atoms with Gasteiger partial charge in [0.1, 0.15) is 5.38 Å². The van der Waals surface area contributed by atoms with E-state index in [1.54, 1.807) is 6.92 Å². The summed E-state index contributed by atoms with van der Waals surface area (Å²) in [6.45, 7) is 1.45. The van der Waals surface area contributed by atoms with Crippen LogP contribution in [0.5, 0.6) is 0 Å². The third kappa shape index (κ3) is 3.53. The maximum Gasteiger partial charge on any atom is 0.238 e. The summed E-state index contributed by atoms with van der Waals surface area (Å²) in [6, 6.07) is 8.90. The number of hydrogen-bond donors (Lipinski definition) is 2. The molecular weight excluding hydrogens is 214 g/mol. The lowest BCUT2D eigenvalue weighted by atomic mass is 10.1. The minimum absolute atomic E-state index is 0.140. The van der Waals surface area contributed by atoms with Crippen molar-refractivity contribution in [2.45, 2.75) is 18.3 Å². The number of alkyl halides is 1. The van der Waals surface area contributed by atoms with E-state index in [4.69, 9.17) is 16.7 Å². The summed E-state index contributed by atoms with van der Waals surface area (Å²) < 4.78 is 0. The average molecular weight is 228 g/mol. The van der Waals surface area contributed by atoms with E-state index in [0.29, 0.717) is 0 Å². The van der Waals surface area contributed by atoms with Crippen LogP contribution >= 0.6 is 11.6 Å². The first-order valence-electron chi connectivity index (χ1n) is 4.75. The standard InChI is InChI=1S/C11H14ClNO2/c1-8(12)11(15)13-10(7-14)9-5-3-2-4-6-9/h2-6,8,10,14H,7H2,1H3,(H,13,15)/t8-,10+/m0/s1. The number of amides is 1. The summed E-state index contributed by atoms with van der Waals surface area (Å²) in [4.78, 5) is 11.3. The van der Waals surface area contributed by atoms with Gasteiger partial charge in [-0.3, -0.25) is 4.79 Å². The van der Waals surface area contributed by atoms with Crippen LogP contribution in [0.2, 0.25) is 0 Å². The fourth-order valence-electron chi connectivity index (χ4n) is 1.21. The molecule has 1 amide bonds. The van der Waals surface area contributed by atoms with Gasteiger partial charge in [-0.2, -0.15) is 0 Å². The number of aliphatic hydroxyl groups is 1. The van der Waals surface area contributed by atoms with Crippen LogP contribution in [0.15, 0.2) is 30.3 Å². The summed E-state index contributed by atoms with van der Waals surface area (Å²) in [6.07, 6.45) is 0. The van der Waals surface area contributed by atoms with Gasteiger partial charge in [0.2, 0.25) is 5.91 Å². The highest BCUT2D eigenvalue weighted by Crippen LogP contribution is 2.12. The third-order valence-electron chi connectivity index (χ3n) is 2.06. The van der Waals surface area contributed by atoms with Crippen LogP contribution in [-0.4, -0.2) is 23.0 Å².